The lowest BCUT2D eigenvalue weighted by Gasteiger charge is -2.04. The van der Waals surface area contributed by atoms with Crippen molar-refractivity contribution >= 4 is 17.8 Å². The maximum atomic E-state index is 11.1. The molecule has 0 aliphatic rings. The fraction of sp³-hybridized carbons (Fsp3) is 0.500. The van der Waals surface area contributed by atoms with E-state index in [2.05, 4.69) is 20.3 Å². The number of carboxylic acids is 1. The summed E-state index contributed by atoms with van der Waals surface area (Å²) in [6.07, 6.45) is 2.57. The average Bonchev–Trinajstić information content (AvgIpc) is 2.42. The number of esters is 1. The van der Waals surface area contributed by atoms with Gasteiger partial charge in [0.1, 0.15) is 5.82 Å². The van der Waals surface area contributed by atoms with Gasteiger partial charge in [0.15, 0.2) is 5.69 Å². The molecule has 0 aliphatic carbocycles. The molecule has 0 fully saturated rings. The van der Waals surface area contributed by atoms with Crippen LogP contribution in [-0.2, 0) is 9.53 Å². The quantitative estimate of drug-likeness (QED) is 0.541. The molecule has 7 nitrogen and oxygen atoms in total. The number of methoxy groups -OCH3 is 1. The minimum Gasteiger partial charge on any atom is -0.481 e. The van der Waals surface area contributed by atoms with Crippen molar-refractivity contribution in [2.45, 2.75) is 25.7 Å². The minimum absolute atomic E-state index is 0.162. The van der Waals surface area contributed by atoms with Crippen LogP contribution in [0.25, 0.3) is 0 Å². The van der Waals surface area contributed by atoms with E-state index in [0.29, 0.717) is 18.8 Å². The summed E-state index contributed by atoms with van der Waals surface area (Å²) < 4.78 is 4.51. The summed E-state index contributed by atoms with van der Waals surface area (Å²) in [5.41, 5.74) is 0.162. The second kappa shape index (κ2) is 8.02. The molecule has 0 spiro atoms. The third-order valence-electron chi connectivity index (χ3n) is 2.43. The molecule has 0 amide bonds. The number of anilines is 1. The lowest BCUT2D eigenvalue weighted by molar-refractivity contribution is -0.137. The number of carbonyl (C=O) groups is 2. The molecule has 0 atom stereocenters. The van der Waals surface area contributed by atoms with E-state index in [0.717, 1.165) is 12.8 Å². The predicted octanol–water partition coefficient (Wildman–Crippen LogP) is 1.32. The molecule has 19 heavy (non-hydrogen) atoms. The number of nitrogens with zero attached hydrogens (tertiary/aromatic N) is 2. The lowest BCUT2D eigenvalue weighted by Crippen LogP contribution is -2.08. The highest BCUT2D eigenvalue weighted by atomic mass is 16.5. The van der Waals surface area contributed by atoms with Crippen molar-refractivity contribution in [3.8, 4) is 0 Å². The third kappa shape index (κ3) is 5.80. The molecule has 104 valence electrons. The van der Waals surface area contributed by atoms with Gasteiger partial charge in [-0.1, -0.05) is 6.42 Å². The van der Waals surface area contributed by atoms with Gasteiger partial charge in [0.25, 0.3) is 0 Å². The molecule has 0 saturated carbocycles. The summed E-state index contributed by atoms with van der Waals surface area (Å²) in [6.45, 7) is 0.686. The number of aliphatic carboxylic acids is 1. The van der Waals surface area contributed by atoms with Gasteiger partial charge in [-0.2, -0.15) is 0 Å². The fourth-order valence-electron chi connectivity index (χ4n) is 1.43. The van der Waals surface area contributed by atoms with Crippen LogP contribution < -0.4 is 5.32 Å². The van der Waals surface area contributed by atoms with Crippen LogP contribution in [0.5, 0.6) is 0 Å². The Hall–Kier alpha value is -2.18. The van der Waals surface area contributed by atoms with E-state index in [-0.39, 0.29) is 12.1 Å². The average molecular weight is 267 g/mol. The normalized spacial score (nSPS) is 9.95. The molecule has 0 unspecified atom stereocenters. The first kappa shape index (κ1) is 14.9. The Bertz CT molecular complexity index is 419. The molecule has 1 rings (SSSR count). The fourth-order valence-corrected chi connectivity index (χ4v) is 1.43. The van der Waals surface area contributed by atoms with E-state index in [1.165, 1.54) is 13.2 Å². The maximum absolute atomic E-state index is 11.1. The Balaban J connectivity index is 2.23. The molecule has 0 bridgehead atoms. The largest absolute Gasteiger partial charge is 0.481 e. The molecule has 0 saturated heterocycles. The first-order valence-electron chi connectivity index (χ1n) is 6.01. The molecule has 7 heteroatoms. The molecule has 0 aromatic carbocycles. The lowest BCUT2D eigenvalue weighted by atomic mass is 10.2. The summed E-state index contributed by atoms with van der Waals surface area (Å²) in [4.78, 5) is 21.4. The molecular weight excluding hydrogens is 250 g/mol. The highest BCUT2D eigenvalue weighted by Crippen LogP contribution is 2.05. The summed E-state index contributed by atoms with van der Waals surface area (Å²) >= 11 is 0. The number of ether oxygens (including phenoxy) is 1. The van der Waals surface area contributed by atoms with Crippen LogP contribution in [-0.4, -0.2) is 40.9 Å². The Morgan fingerprint density at radius 1 is 1.26 bits per heavy atom. The van der Waals surface area contributed by atoms with Crippen molar-refractivity contribution in [2.75, 3.05) is 19.0 Å². The molecule has 1 aromatic heterocycles. The Kier molecular flexibility index (Phi) is 6.28. The summed E-state index contributed by atoms with van der Waals surface area (Å²) in [7, 11) is 1.29. The van der Waals surface area contributed by atoms with Gasteiger partial charge in [0.2, 0.25) is 0 Å². The van der Waals surface area contributed by atoms with Crippen molar-refractivity contribution in [3.05, 3.63) is 17.8 Å². The molecule has 0 radical (unpaired) electrons. The SMILES string of the molecule is COC(=O)c1ccc(NCCCCCC(=O)O)nn1. The van der Waals surface area contributed by atoms with Gasteiger partial charge in [0.05, 0.1) is 7.11 Å². The standard InChI is InChI=1S/C12H17N3O4/c1-19-12(18)9-6-7-10(15-14-9)13-8-4-2-3-5-11(16)17/h6-7H,2-5,8H2,1H3,(H,13,15)(H,16,17). The molecule has 1 heterocycles. The van der Waals surface area contributed by atoms with E-state index < -0.39 is 11.9 Å². The number of carboxylic acid groups (broad SMARTS) is 1. The topological polar surface area (TPSA) is 101 Å². The molecule has 1 aromatic rings. The van der Waals surface area contributed by atoms with Gasteiger partial charge in [-0.3, -0.25) is 4.79 Å². The number of hydrogen-bond acceptors (Lipinski definition) is 6. The van der Waals surface area contributed by atoms with Gasteiger partial charge in [-0.25, -0.2) is 4.79 Å². The first-order valence-corrected chi connectivity index (χ1v) is 6.01. The van der Waals surface area contributed by atoms with Crippen LogP contribution in [0.3, 0.4) is 0 Å². The zero-order chi connectivity index (χ0) is 14.1. The van der Waals surface area contributed by atoms with Crippen molar-refractivity contribution in [3.63, 3.8) is 0 Å². The van der Waals surface area contributed by atoms with E-state index in [1.807, 2.05) is 0 Å². The van der Waals surface area contributed by atoms with Crippen molar-refractivity contribution in [1.82, 2.24) is 10.2 Å². The number of aromatic nitrogens is 2. The van der Waals surface area contributed by atoms with Crippen molar-refractivity contribution < 1.29 is 19.4 Å². The first-order chi connectivity index (χ1) is 9.13. The van der Waals surface area contributed by atoms with Crippen LogP contribution in [0.15, 0.2) is 12.1 Å². The Morgan fingerprint density at radius 3 is 2.63 bits per heavy atom. The second-order valence-corrected chi connectivity index (χ2v) is 3.93. The second-order valence-electron chi connectivity index (χ2n) is 3.93. The monoisotopic (exact) mass is 267 g/mol. The van der Waals surface area contributed by atoms with Crippen LogP contribution in [0, 0.1) is 0 Å². The van der Waals surface area contributed by atoms with Gasteiger partial charge < -0.3 is 15.2 Å². The third-order valence-corrected chi connectivity index (χ3v) is 2.43. The Morgan fingerprint density at radius 2 is 2.05 bits per heavy atom. The summed E-state index contributed by atoms with van der Waals surface area (Å²) in [6, 6.07) is 3.18. The highest BCUT2D eigenvalue weighted by molar-refractivity contribution is 5.86. The van der Waals surface area contributed by atoms with E-state index in [1.54, 1.807) is 6.07 Å². The number of hydrogen-bond donors (Lipinski definition) is 2. The minimum atomic E-state index is -0.766. The van der Waals surface area contributed by atoms with Gasteiger partial charge >= 0.3 is 11.9 Å². The van der Waals surface area contributed by atoms with Crippen LogP contribution in [0.2, 0.25) is 0 Å². The molecule has 0 aliphatic heterocycles. The van der Waals surface area contributed by atoms with E-state index >= 15 is 0 Å². The van der Waals surface area contributed by atoms with Gasteiger partial charge in [-0.05, 0) is 25.0 Å². The number of unbranched alkanes of at least 4 members (excludes halogenated alkanes) is 2. The summed E-state index contributed by atoms with van der Waals surface area (Å²) in [5, 5.41) is 19.1. The number of carbonyl (C=O) groups excluding carboxylic acids is 1. The van der Waals surface area contributed by atoms with Crippen LogP contribution in [0.4, 0.5) is 5.82 Å². The zero-order valence-corrected chi connectivity index (χ0v) is 10.8. The van der Waals surface area contributed by atoms with E-state index in [4.69, 9.17) is 5.11 Å². The zero-order valence-electron chi connectivity index (χ0n) is 10.8. The van der Waals surface area contributed by atoms with Gasteiger partial charge in [-0.15, -0.1) is 10.2 Å². The molecular formula is C12H17N3O4. The number of rotatable bonds is 8. The smallest absolute Gasteiger partial charge is 0.358 e. The van der Waals surface area contributed by atoms with Crippen LogP contribution >= 0.6 is 0 Å². The van der Waals surface area contributed by atoms with Crippen molar-refractivity contribution in [1.29, 1.82) is 0 Å². The Labute approximate surface area is 111 Å². The van der Waals surface area contributed by atoms with Crippen LogP contribution in [0.1, 0.15) is 36.2 Å². The highest BCUT2D eigenvalue weighted by Gasteiger charge is 2.07. The number of nitrogens with one attached hydrogen (secondary N) is 1. The maximum Gasteiger partial charge on any atom is 0.358 e. The summed E-state index contributed by atoms with van der Waals surface area (Å²) in [5.74, 6) is -0.712. The van der Waals surface area contributed by atoms with Gasteiger partial charge in [0, 0.05) is 13.0 Å². The molecule has 2 N–H and O–H groups in total. The predicted molar refractivity (Wildman–Crippen MR) is 68.0 cm³/mol. The van der Waals surface area contributed by atoms with Crippen molar-refractivity contribution in [2.24, 2.45) is 0 Å². The van der Waals surface area contributed by atoms with E-state index in [9.17, 15) is 9.59 Å².